The van der Waals surface area contributed by atoms with Crippen LogP contribution in [0.15, 0.2) is 18.2 Å². The Labute approximate surface area is 116 Å². The molecule has 6 heteroatoms. The van der Waals surface area contributed by atoms with Gasteiger partial charge in [-0.3, -0.25) is 0 Å². The number of tetrazole rings is 1. The highest BCUT2D eigenvalue weighted by Gasteiger charge is 2.23. The molecule has 1 saturated carbocycles. The van der Waals surface area contributed by atoms with E-state index in [9.17, 15) is 4.39 Å². The van der Waals surface area contributed by atoms with Gasteiger partial charge in [0.25, 0.3) is 0 Å². The topological polar surface area (TPSA) is 67.4 Å². The van der Waals surface area contributed by atoms with Crippen LogP contribution in [0.3, 0.4) is 0 Å². The summed E-state index contributed by atoms with van der Waals surface area (Å²) in [6, 6.07) is 6.38. The van der Waals surface area contributed by atoms with E-state index in [1.165, 1.54) is 18.9 Å². The zero-order valence-electron chi connectivity index (χ0n) is 11.0. The average molecular weight is 271 g/mol. The van der Waals surface area contributed by atoms with Crippen molar-refractivity contribution in [3.8, 4) is 6.07 Å². The van der Waals surface area contributed by atoms with Crippen molar-refractivity contribution in [3.05, 3.63) is 41.0 Å². The minimum absolute atomic E-state index is 0.0537. The molecule has 1 aromatic carbocycles. The number of nitrogens with zero attached hydrogens (tertiary/aromatic N) is 5. The number of rotatable bonds is 3. The molecular formula is C14H14FN5. The molecule has 0 amide bonds. The van der Waals surface area contributed by atoms with Crippen molar-refractivity contribution >= 4 is 0 Å². The molecule has 3 rings (SSSR count). The van der Waals surface area contributed by atoms with Crippen molar-refractivity contribution in [1.82, 2.24) is 20.2 Å². The van der Waals surface area contributed by atoms with Crippen LogP contribution in [0.2, 0.25) is 0 Å². The Hall–Kier alpha value is -2.29. The van der Waals surface area contributed by atoms with Crippen molar-refractivity contribution in [2.24, 2.45) is 0 Å². The van der Waals surface area contributed by atoms with Gasteiger partial charge < -0.3 is 0 Å². The van der Waals surface area contributed by atoms with Gasteiger partial charge in [0.2, 0.25) is 0 Å². The number of aromatic nitrogens is 4. The SMILES string of the molecule is N#Cc1cc(Cn2nnnc2C2CCCC2)ccc1F. The maximum Gasteiger partial charge on any atom is 0.154 e. The van der Waals surface area contributed by atoms with Gasteiger partial charge in [-0.1, -0.05) is 18.9 Å². The minimum atomic E-state index is -0.496. The van der Waals surface area contributed by atoms with Gasteiger partial charge in [0, 0.05) is 5.92 Å². The van der Waals surface area contributed by atoms with E-state index in [0.29, 0.717) is 12.5 Å². The second kappa shape index (κ2) is 5.37. The third kappa shape index (κ3) is 2.39. The maximum atomic E-state index is 13.3. The molecule has 1 fully saturated rings. The van der Waals surface area contributed by atoms with E-state index >= 15 is 0 Å². The molecule has 0 saturated heterocycles. The molecule has 0 aliphatic heterocycles. The molecule has 1 aromatic heterocycles. The monoisotopic (exact) mass is 271 g/mol. The van der Waals surface area contributed by atoms with Gasteiger partial charge in [-0.25, -0.2) is 9.07 Å². The fourth-order valence-corrected chi connectivity index (χ4v) is 2.73. The summed E-state index contributed by atoms with van der Waals surface area (Å²) in [6.07, 6.45) is 4.67. The largest absolute Gasteiger partial charge is 0.225 e. The molecule has 0 N–H and O–H groups in total. The van der Waals surface area contributed by atoms with Gasteiger partial charge in [0.15, 0.2) is 5.82 Å². The normalized spacial score (nSPS) is 15.4. The highest BCUT2D eigenvalue weighted by Crippen LogP contribution is 2.32. The Kier molecular flexibility index (Phi) is 3.42. The van der Waals surface area contributed by atoms with Gasteiger partial charge in [-0.15, -0.1) is 5.10 Å². The second-order valence-electron chi connectivity index (χ2n) is 5.10. The standard InChI is InChI=1S/C14H14FN5/c15-13-6-5-10(7-12(13)8-16)9-20-14(17-18-19-20)11-3-1-2-4-11/h5-7,11H,1-4,9H2. The molecule has 0 bridgehead atoms. The molecule has 102 valence electrons. The van der Waals surface area contributed by atoms with Crippen LogP contribution in [0.5, 0.6) is 0 Å². The molecule has 0 radical (unpaired) electrons. The summed E-state index contributed by atoms with van der Waals surface area (Å²) in [5.41, 5.74) is 0.882. The molecular weight excluding hydrogens is 257 g/mol. The molecule has 5 nitrogen and oxygen atoms in total. The van der Waals surface area contributed by atoms with E-state index in [-0.39, 0.29) is 5.56 Å². The van der Waals surface area contributed by atoms with Gasteiger partial charge >= 0.3 is 0 Å². The molecule has 1 aliphatic rings. The lowest BCUT2D eigenvalue weighted by molar-refractivity contribution is 0.564. The number of hydrogen-bond donors (Lipinski definition) is 0. The third-order valence-corrected chi connectivity index (χ3v) is 3.76. The first-order valence-electron chi connectivity index (χ1n) is 6.72. The molecule has 0 spiro atoms. The lowest BCUT2D eigenvalue weighted by Gasteiger charge is -2.09. The first-order valence-corrected chi connectivity index (χ1v) is 6.72. The van der Waals surface area contributed by atoms with Crippen LogP contribution in [0.4, 0.5) is 4.39 Å². The van der Waals surface area contributed by atoms with Crippen molar-refractivity contribution in [3.63, 3.8) is 0 Å². The highest BCUT2D eigenvalue weighted by molar-refractivity contribution is 5.34. The Morgan fingerprint density at radius 2 is 2.15 bits per heavy atom. The maximum absolute atomic E-state index is 13.3. The van der Waals surface area contributed by atoms with Crippen LogP contribution in [0, 0.1) is 17.1 Å². The first kappa shape index (κ1) is 12.7. The van der Waals surface area contributed by atoms with Gasteiger partial charge in [-0.05, 0) is 41.0 Å². The molecule has 2 aromatic rings. The quantitative estimate of drug-likeness (QED) is 0.859. The van der Waals surface area contributed by atoms with Gasteiger partial charge in [0.05, 0.1) is 12.1 Å². The summed E-state index contributed by atoms with van der Waals surface area (Å²) in [6.45, 7) is 0.466. The van der Waals surface area contributed by atoms with Crippen molar-refractivity contribution in [1.29, 1.82) is 5.26 Å². The average Bonchev–Trinajstić information content (AvgIpc) is 3.11. The van der Waals surface area contributed by atoms with E-state index in [2.05, 4.69) is 15.5 Å². The fraction of sp³-hybridized carbons (Fsp3) is 0.429. The van der Waals surface area contributed by atoms with E-state index in [0.717, 1.165) is 24.2 Å². The van der Waals surface area contributed by atoms with Crippen molar-refractivity contribution in [2.75, 3.05) is 0 Å². The molecule has 0 atom stereocenters. The van der Waals surface area contributed by atoms with Gasteiger partial charge in [-0.2, -0.15) is 5.26 Å². The van der Waals surface area contributed by atoms with Crippen LogP contribution >= 0.6 is 0 Å². The van der Waals surface area contributed by atoms with Crippen LogP contribution in [-0.4, -0.2) is 20.2 Å². The van der Waals surface area contributed by atoms with Crippen molar-refractivity contribution < 1.29 is 4.39 Å². The Balaban J connectivity index is 1.85. The first-order chi connectivity index (χ1) is 9.78. The summed E-state index contributed by atoms with van der Waals surface area (Å²) >= 11 is 0. The van der Waals surface area contributed by atoms with Crippen LogP contribution in [-0.2, 0) is 6.54 Å². The summed E-state index contributed by atoms with van der Waals surface area (Å²) < 4.78 is 15.1. The second-order valence-corrected chi connectivity index (χ2v) is 5.10. The number of nitriles is 1. The number of benzene rings is 1. The highest BCUT2D eigenvalue weighted by atomic mass is 19.1. The van der Waals surface area contributed by atoms with Crippen LogP contribution in [0.25, 0.3) is 0 Å². The zero-order chi connectivity index (χ0) is 13.9. The predicted molar refractivity (Wildman–Crippen MR) is 69.2 cm³/mol. The minimum Gasteiger partial charge on any atom is -0.225 e. The number of hydrogen-bond acceptors (Lipinski definition) is 4. The van der Waals surface area contributed by atoms with E-state index in [1.54, 1.807) is 16.8 Å². The van der Waals surface area contributed by atoms with Gasteiger partial charge in [0.1, 0.15) is 11.9 Å². The summed E-state index contributed by atoms with van der Waals surface area (Å²) in [5, 5.41) is 20.7. The Morgan fingerprint density at radius 1 is 1.35 bits per heavy atom. The predicted octanol–water partition coefficient (Wildman–Crippen LogP) is 2.39. The molecule has 0 unspecified atom stereocenters. The molecule has 1 aliphatic carbocycles. The number of halogens is 1. The Bertz CT molecular complexity index is 652. The molecule has 1 heterocycles. The lowest BCUT2D eigenvalue weighted by Crippen LogP contribution is -2.10. The van der Waals surface area contributed by atoms with Crippen molar-refractivity contribution in [2.45, 2.75) is 38.1 Å². The summed E-state index contributed by atoms with van der Waals surface area (Å²) in [5.74, 6) is 0.815. The van der Waals surface area contributed by atoms with Crippen LogP contribution < -0.4 is 0 Å². The lowest BCUT2D eigenvalue weighted by atomic mass is 10.1. The smallest absolute Gasteiger partial charge is 0.154 e. The fourth-order valence-electron chi connectivity index (χ4n) is 2.73. The molecule has 20 heavy (non-hydrogen) atoms. The zero-order valence-corrected chi connectivity index (χ0v) is 11.0. The van der Waals surface area contributed by atoms with E-state index in [4.69, 9.17) is 5.26 Å². The van der Waals surface area contributed by atoms with Crippen LogP contribution in [0.1, 0.15) is 48.6 Å². The third-order valence-electron chi connectivity index (χ3n) is 3.76. The Morgan fingerprint density at radius 3 is 2.90 bits per heavy atom. The van der Waals surface area contributed by atoms with E-state index in [1.807, 2.05) is 6.07 Å². The van der Waals surface area contributed by atoms with E-state index < -0.39 is 5.82 Å². The summed E-state index contributed by atoms with van der Waals surface area (Å²) in [4.78, 5) is 0. The summed E-state index contributed by atoms with van der Waals surface area (Å²) in [7, 11) is 0.